The van der Waals surface area contributed by atoms with E-state index in [1.807, 2.05) is 0 Å². The number of benzene rings is 2. The molecule has 1 aliphatic carbocycles. The minimum absolute atomic E-state index is 0.0427. The van der Waals surface area contributed by atoms with Crippen LogP contribution in [0, 0.1) is 5.92 Å². The molecule has 2 fully saturated rings. The monoisotopic (exact) mass is 598 g/mol. The van der Waals surface area contributed by atoms with Gasteiger partial charge in [-0.25, -0.2) is 0 Å². The highest BCUT2D eigenvalue weighted by Crippen LogP contribution is 2.47. The molecule has 1 saturated heterocycles. The molecule has 38 heavy (non-hydrogen) atoms. The Morgan fingerprint density at radius 1 is 0.921 bits per heavy atom. The van der Waals surface area contributed by atoms with Crippen LogP contribution < -0.4 is 10.6 Å². The van der Waals surface area contributed by atoms with E-state index in [1.165, 1.54) is 11.8 Å². The Morgan fingerprint density at radius 2 is 1.50 bits per heavy atom. The standard InChI is InChI=1S/C26H26Cl2F6N2OS/c27-20-10-6-9-19(21(20)28)22-36-24(14-38-22,15-7-4-2-1-3-5-8-15)23(37)35-18-12-16(25(29,30)31)11-17(13-18)26(32,33)34/h6,9-13,15,22,36H,1-5,7-8,14H2,(H,35,37). The maximum absolute atomic E-state index is 13.9. The Labute approximate surface area is 231 Å². The third-order valence-electron chi connectivity index (χ3n) is 7.18. The number of thioether (sulfide) groups is 1. The maximum atomic E-state index is 13.9. The number of alkyl halides is 6. The quantitative estimate of drug-likeness (QED) is 0.345. The summed E-state index contributed by atoms with van der Waals surface area (Å²) in [5, 5.41) is 6.00. The lowest BCUT2D eigenvalue weighted by molar-refractivity contribution is -0.143. The number of carbonyl (C=O) groups excluding carboxylic acids is 1. The van der Waals surface area contributed by atoms with E-state index >= 15 is 0 Å². The van der Waals surface area contributed by atoms with Crippen LogP contribution in [0.15, 0.2) is 36.4 Å². The number of hydrogen-bond acceptors (Lipinski definition) is 3. The Kier molecular flexibility index (Phi) is 8.86. The van der Waals surface area contributed by atoms with E-state index in [0.29, 0.717) is 40.6 Å². The summed E-state index contributed by atoms with van der Waals surface area (Å²) in [5.74, 6) is -0.572. The van der Waals surface area contributed by atoms with Crippen molar-refractivity contribution >= 4 is 46.6 Å². The normalized spacial score (nSPS) is 23.6. The van der Waals surface area contributed by atoms with Crippen molar-refractivity contribution in [1.29, 1.82) is 0 Å². The first-order valence-electron chi connectivity index (χ1n) is 12.3. The Bertz CT molecular complexity index is 1140. The first kappa shape index (κ1) is 29.4. The van der Waals surface area contributed by atoms with E-state index < -0.39 is 46.0 Å². The van der Waals surface area contributed by atoms with Gasteiger partial charge in [-0.15, -0.1) is 11.8 Å². The molecular formula is C26H26Cl2F6N2OS. The first-order chi connectivity index (χ1) is 17.8. The first-order valence-corrected chi connectivity index (χ1v) is 14.1. The van der Waals surface area contributed by atoms with E-state index in [4.69, 9.17) is 23.2 Å². The van der Waals surface area contributed by atoms with Crippen molar-refractivity contribution < 1.29 is 31.1 Å². The molecule has 1 heterocycles. The highest BCUT2D eigenvalue weighted by atomic mass is 35.5. The lowest BCUT2D eigenvalue weighted by Gasteiger charge is -2.38. The van der Waals surface area contributed by atoms with Crippen LogP contribution in [-0.4, -0.2) is 17.2 Å². The Hall–Kier alpha value is -1.62. The van der Waals surface area contributed by atoms with Gasteiger partial charge < -0.3 is 5.32 Å². The fourth-order valence-electron chi connectivity index (χ4n) is 5.19. The van der Waals surface area contributed by atoms with Crippen molar-refractivity contribution in [3.63, 3.8) is 0 Å². The maximum Gasteiger partial charge on any atom is 0.416 e. The van der Waals surface area contributed by atoms with Gasteiger partial charge in [-0.3, -0.25) is 10.1 Å². The molecule has 12 heteroatoms. The summed E-state index contributed by atoms with van der Waals surface area (Å²) in [6, 6.07) is 6.24. The van der Waals surface area contributed by atoms with Gasteiger partial charge in [0, 0.05) is 11.4 Å². The van der Waals surface area contributed by atoms with Crippen LogP contribution in [0.4, 0.5) is 32.0 Å². The predicted molar refractivity (Wildman–Crippen MR) is 138 cm³/mol. The predicted octanol–water partition coefficient (Wildman–Crippen LogP) is 9.10. The molecule has 2 unspecified atom stereocenters. The van der Waals surface area contributed by atoms with Crippen molar-refractivity contribution in [3.05, 3.63) is 63.1 Å². The minimum Gasteiger partial charge on any atom is -0.324 e. The zero-order valence-corrected chi connectivity index (χ0v) is 22.4. The third kappa shape index (κ3) is 6.40. The van der Waals surface area contributed by atoms with Gasteiger partial charge in [0.25, 0.3) is 0 Å². The third-order valence-corrected chi connectivity index (χ3v) is 9.34. The summed E-state index contributed by atoms with van der Waals surface area (Å²) in [4.78, 5) is 13.9. The zero-order valence-electron chi connectivity index (χ0n) is 20.1. The van der Waals surface area contributed by atoms with Crippen LogP contribution in [0.2, 0.25) is 10.0 Å². The van der Waals surface area contributed by atoms with Gasteiger partial charge in [0.15, 0.2) is 0 Å². The molecule has 2 aromatic rings. The number of anilines is 1. The Balaban J connectivity index is 1.71. The van der Waals surface area contributed by atoms with Gasteiger partial charge in [0.05, 0.1) is 26.5 Å². The second-order valence-corrected chi connectivity index (χ2v) is 11.6. The minimum atomic E-state index is -5.02. The smallest absolute Gasteiger partial charge is 0.324 e. The molecule has 1 amide bonds. The second-order valence-electron chi connectivity index (χ2n) is 9.74. The SMILES string of the molecule is O=C(Nc1cc(C(F)(F)F)cc(C(F)(F)F)c1)C1(C2CCCCCCC2)CSC(c2cccc(Cl)c2Cl)N1. The van der Waals surface area contributed by atoms with Crippen molar-refractivity contribution in [2.75, 3.05) is 11.1 Å². The average Bonchev–Trinajstić information content (AvgIpc) is 3.25. The molecule has 1 aliphatic heterocycles. The van der Waals surface area contributed by atoms with Gasteiger partial charge in [-0.05, 0) is 48.6 Å². The zero-order chi connectivity index (χ0) is 27.7. The molecule has 0 bridgehead atoms. The highest BCUT2D eigenvalue weighted by molar-refractivity contribution is 7.99. The molecule has 208 valence electrons. The van der Waals surface area contributed by atoms with Gasteiger partial charge >= 0.3 is 12.4 Å². The molecular weight excluding hydrogens is 573 g/mol. The molecule has 2 aromatic carbocycles. The summed E-state index contributed by atoms with van der Waals surface area (Å²) < 4.78 is 80.5. The molecule has 1 saturated carbocycles. The largest absolute Gasteiger partial charge is 0.416 e. The van der Waals surface area contributed by atoms with Crippen LogP contribution in [0.25, 0.3) is 0 Å². The van der Waals surface area contributed by atoms with E-state index in [2.05, 4.69) is 10.6 Å². The summed E-state index contributed by atoms with van der Waals surface area (Å²) in [6.07, 6.45) is -3.82. The number of nitrogens with one attached hydrogen (secondary N) is 2. The number of carbonyl (C=O) groups is 1. The van der Waals surface area contributed by atoms with Crippen LogP contribution in [0.3, 0.4) is 0 Å². The Morgan fingerprint density at radius 3 is 2.08 bits per heavy atom. The van der Waals surface area contributed by atoms with E-state index in [1.54, 1.807) is 18.2 Å². The molecule has 0 spiro atoms. The average molecular weight is 599 g/mol. The van der Waals surface area contributed by atoms with Crippen LogP contribution in [0.1, 0.15) is 67.0 Å². The molecule has 2 N–H and O–H groups in total. The van der Waals surface area contributed by atoms with Crippen molar-refractivity contribution in [2.24, 2.45) is 5.92 Å². The van der Waals surface area contributed by atoms with Gasteiger partial charge in [0.1, 0.15) is 5.54 Å². The summed E-state index contributed by atoms with van der Waals surface area (Å²) in [7, 11) is 0. The number of amides is 1. The van der Waals surface area contributed by atoms with E-state index in [0.717, 1.165) is 32.1 Å². The van der Waals surface area contributed by atoms with Crippen molar-refractivity contribution in [3.8, 4) is 0 Å². The molecule has 2 atom stereocenters. The molecule has 0 aromatic heterocycles. The fraction of sp³-hybridized carbons (Fsp3) is 0.500. The second kappa shape index (κ2) is 11.5. The number of rotatable bonds is 4. The lowest BCUT2D eigenvalue weighted by Crippen LogP contribution is -2.58. The topological polar surface area (TPSA) is 41.1 Å². The van der Waals surface area contributed by atoms with Crippen LogP contribution in [-0.2, 0) is 17.1 Å². The molecule has 2 aliphatic rings. The highest BCUT2D eigenvalue weighted by Gasteiger charge is 2.51. The van der Waals surface area contributed by atoms with Crippen LogP contribution >= 0.6 is 35.0 Å². The van der Waals surface area contributed by atoms with Gasteiger partial charge in [-0.1, -0.05) is 67.4 Å². The number of hydrogen-bond donors (Lipinski definition) is 2. The van der Waals surface area contributed by atoms with Crippen molar-refractivity contribution in [2.45, 2.75) is 68.2 Å². The summed E-state index contributed by atoms with van der Waals surface area (Å²) in [5.41, 5.74) is -4.10. The van der Waals surface area contributed by atoms with Crippen LogP contribution in [0.5, 0.6) is 0 Å². The molecule has 3 nitrogen and oxygen atoms in total. The summed E-state index contributed by atoms with van der Waals surface area (Å²) >= 11 is 14.0. The summed E-state index contributed by atoms with van der Waals surface area (Å²) in [6.45, 7) is 0. The number of halogens is 8. The van der Waals surface area contributed by atoms with Gasteiger partial charge in [0.2, 0.25) is 5.91 Å². The fourth-order valence-corrected chi connectivity index (χ4v) is 7.22. The van der Waals surface area contributed by atoms with Gasteiger partial charge in [-0.2, -0.15) is 26.3 Å². The van der Waals surface area contributed by atoms with E-state index in [-0.39, 0.29) is 17.7 Å². The molecule has 0 radical (unpaired) electrons. The molecule has 4 rings (SSSR count). The lowest BCUT2D eigenvalue weighted by atomic mass is 9.76. The van der Waals surface area contributed by atoms with E-state index in [9.17, 15) is 31.1 Å². The van der Waals surface area contributed by atoms with Crippen molar-refractivity contribution in [1.82, 2.24) is 5.32 Å².